The molecule has 1 aromatic heterocycles. The van der Waals surface area contributed by atoms with E-state index >= 15 is 0 Å². The molecule has 0 radical (unpaired) electrons. The Hall–Kier alpha value is -1.33. The van der Waals surface area contributed by atoms with Crippen molar-refractivity contribution in [1.29, 1.82) is 0 Å². The van der Waals surface area contributed by atoms with Gasteiger partial charge >= 0.3 is 0 Å². The van der Waals surface area contributed by atoms with Crippen molar-refractivity contribution in [3.05, 3.63) is 28.9 Å². The molecule has 1 aromatic carbocycles. The minimum absolute atomic E-state index is 0.395. The SMILES string of the molecule is CC(Nc1ccc(N)c2cc(Br)cnc12)C1CCOCC1. The van der Waals surface area contributed by atoms with Gasteiger partial charge in [-0.2, -0.15) is 0 Å². The Morgan fingerprint density at radius 3 is 2.90 bits per heavy atom. The van der Waals surface area contributed by atoms with Crippen molar-refractivity contribution >= 4 is 38.2 Å². The summed E-state index contributed by atoms with van der Waals surface area (Å²) in [6.45, 7) is 3.96. The Morgan fingerprint density at radius 2 is 2.14 bits per heavy atom. The van der Waals surface area contributed by atoms with E-state index in [0.29, 0.717) is 12.0 Å². The fourth-order valence-electron chi connectivity index (χ4n) is 2.91. The smallest absolute Gasteiger partial charge is 0.0954 e. The van der Waals surface area contributed by atoms with Crippen molar-refractivity contribution in [1.82, 2.24) is 4.98 Å². The average Bonchev–Trinajstić information content (AvgIpc) is 2.51. The van der Waals surface area contributed by atoms with Crippen molar-refractivity contribution in [3.63, 3.8) is 0 Å². The monoisotopic (exact) mass is 349 g/mol. The molecule has 4 nitrogen and oxygen atoms in total. The minimum atomic E-state index is 0.395. The summed E-state index contributed by atoms with van der Waals surface area (Å²) in [5, 5.41) is 4.59. The van der Waals surface area contributed by atoms with Gasteiger partial charge in [-0.25, -0.2) is 0 Å². The zero-order valence-corrected chi connectivity index (χ0v) is 13.7. The Morgan fingerprint density at radius 1 is 1.38 bits per heavy atom. The molecule has 1 aliphatic heterocycles. The number of nitrogens with one attached hydrogen (secondary N) is 1. The highest BCUT2D eigenvalue weighted by molar-refractivity contribution is 9.10. The standard InChI is InChI=1S/C16H20BrN3O/c1-10(11-4-6-21-7-5-11)20-15-3-2-14(18)13-8-12(17)9-19-16(13)15/h2-3,8-11,20H,4-7,18H2,1H3. The number of anilines is 2. The predicted octanol–water partition coefficient (Wildman–Crippen LogP) is 3.81. The second kappa shape index (κ2) is 6.20. The fourth-order valence-corrected chi connectivity index (χ4v) is 3.24. The third-order valence-electron chi connectivity index (χ3n) is 4.21. The molecule has 1 unspecified atom stereocenters. The van der Waals surface area contributed by atoms with E-state index in [-0.39, 0.29) is 0 Å². The number of aromatic nitrogens is 1. The fraction of sp³-hybridized carbons (Fsp3) is 0.438. The van der Waals surface area contributed by atoms with Crippen LogP contribution in [0.3, 0.4) is 0 Å². The molecule has 112 valence electrons. The van der Waals surface area contributed by atoms with Gasteiger partial charge in [0, 0.05) is 41.0 Å². The van der Waals surface area contributed by atoms with Crippen LogP contribution in [0.4, 0.5) is 11.4 Å². The lowest BCUT2D eigenvalue weighted by atomic mass is 9.92. The number of hydrogen-bond donors (Lipinski definition) is 2. The Labute approximate surface area is 133 Å². The lowest BCUT2D eigenvalue weighted by Crippen LogP contribution is -2.31. The van der Waals surface area contributed by atoms with Crippen LogP contribution in [-0.2, 0) is 4.74 Å². The van der Waals surface area contributed by atoms with Crippen LogP contribution in [0.1, 0.15) is 19.8 Å². The maximum atomic E-state index is 6.06. The molecule has 2 heterocycles. The molecule has 5 heteroatoms. The van der Waals surface area contributed by atoms with E-state index in [0.717, 1.165) is 52.8 Å². The van der Waals surface area contributed by atoms with Crippen molar-refractivity contribution in [2.24, 2.45) is 5.92 Å². The van der Waals surface area contributed by atoms with Crippen LogP contribution in [0.5, 0.6) is 0 Å². The van der Waals surface area contributed by atoms with Gasteiger partial charge in [-0.05, 0) is 59.8 Å². The topological polar surface area (TPSA) is 60.2 Å². The normalized spacial score (nSPS) is 17.8. The molecular formula is C16H20BrN3O. The first-order valence-corrected chi connectivity index (χ1v) is 8.12. The van der Waals surface area contributed by atoms with E-state index in [2.05, 4.69) is 33.2 Å². The molecule has 0 aliphatic carbocycles. The quantitative estimate of drug-likeness (QED) is 0.827. The third kappa shape index (κ3) is 3.14. The van der Waals surface area contributed by atoms with Gasteiger partial charge < -0.3 is 15.8 Å². The number of benzene rings is 1. The summed E-state index contributed by atoms with van der Waals surface area (Å²) < 4.78 is 6.38. The number of halogens is 1. The summed E-state index contributed by atoms with van der Waals surface area (Å²) in [4.78, 5) is 4.53. The Balaban J connectivity index is 1.88. The number of nitrogens with zero attached hydrogens (tertiary/aromatic N) is 1. The average molecular weight is 350 g/mol. The highest BCUT2D eigenvalue weighted by Crippen LogP contribution is 2.30. The highest BCUT2D eigenvalue weighted by atomic mass is 79.9. The van der Waals surface area contributed by atoms with Crippen LogP contribution in [0, 0.1) is 5.92 Å². The van der Waals surface area contributed by atoms with E-state index in [1.807, 2.05) is 24.4 Å². The number of pyridine rings is 1. The number of fused-ring (bicyclic) bond motifs is 1. The summed E-state index contributed by atoms with van der Waals surface area (Å²) in [6.07, 6.45) is 4.03. The lowest BCUT2D eigenvalue weighted by molar-refractivity contribution is 0.0622. The second-order valence-corrected chi connectivity index (χ2v) is 6.55. The van der Waals surface area contributed by atoms with Crippen molar-refractivity contribution in [2.75, 3.05) is 24.3 Å². The molecule has 1 aliphatic rings. The maximum Gasteiger partial charge on any atom is 0.0954 e. The van der Waals surface area contributed by atoms with Crippen LogP contribution >= 0.6 is 15.9 Å². The molecule has 0 amide bonds. The van der Waals surface area contributed by atoms with Gasteiger partial charge in [-0.1, -0.05) is 0 Å². The molecule has 2 aromatic rings. The van der Waals surface area contributed by atoms with Crippen LogP contribution in [0.2, 0.25) is 0 Å². The molecular weight excluding hydrogens is 330 g/mol. The Kier molecular flexibility index (Phi) is 4.31. The van der Waals surface area contributed by atoms with Gasteiger partial charge in [0.1, 0.15) is 0 Å². The van der Waals surface area contributed by atoms with Gasteiger partial charge in [0.05, 0.1) is 11.2 Å². The first-order valence-electron chi connectivity index (χ1n) is 7.33. The van der Waals surface area contributed by atoms with Crippen LogP contribution in [-0.4, -0.2) is 24.2 Å². The first kappa shape index (κ1) is 14.6. The Bertz CT molecular complexity index is 641. The predicted molar refractivity (Wildman–Crippen MR) is 90.5 cm³/mol. The van der Waals surface area contributed by atoms with E-state index in [1.54, 1.807) is 0 Å². The minimum Gasteiger partial charge on any atom is -0.398 e. The molecule has 1 saturated heterocycles. The second-order valence-electron chi connectivity index (χ2n) is 5.63. The van der Waals surface area contributed by atoms with E-state index in [9.17, 15) is 0 Å². The molecule has 1 fully saturated rings. The molecule has 0 saturated carbocycles. The van der Waals surface area contributed by atoms with Crippen molar-refractivity contribution in [3.8, 4) is 0 Å². The van der Waals surface area contributed by atoms with Crippen LogP contribution in [0.25, 0.3) is 10.9 Å². The highest BCUT2D eigenvalue weighted by Gasteiger charge is 2.21. The number of nitrogen functional groups attached to an aromatic ring is 1. The molecule has 1 atom stereocenters. The zero-order chi connectivity index (χ0) is 14.8. The largest absolute Gasteiger partial charge is 0.398 e. The first-order chi connectivity index (χ1) is 10.1. The summed E-state index contributed by atoms with van der Waals surface area (Å²) >= 11 is 3.45. The maximum absolute atomic E-state index is 6.06. The van der Waals surface area contributed by atoms with Gasteiger partial charge in [0.25, 0.3) is 0 Å². The third-order valence-corrected chi connectivity index (χ3v) is 4.64. The molecule has 21 heavy (non-hydrogen) atoms. The summed E-state index contributed by atoms with van der Waals surface area (Å²) in [6, 6.07) is 6.37. The molecule has 0 spiro atoms. The number of hydrogen-bond acceptors (Lipinski definition) is 4. The van der Waals surface area contributed by atoms with Crippen LogP contribution < -0.4 is 11.1 Å². The van der Waals surface area contributed by atoms with Crippen molar-refractivity contribution in [2.45, 2.75) is 25.8 Å². The lowest BCUT2D eigenvalue weighted by Gasteiger charge is -2.29. The van der Waals surface area contributed by atoms with Gasteiger partial charge in [-0.15, -0.1) is 0 Å². The number of nitrogens with two attached hydrogens (primary N) is 1. The van der Waals surface area contributed by atoms with Gasteiger partial charge in [-0.3, -0.25) is 4.98 Å². The van der Waals surface area contributed by atoms with E-state index in [4.69, 9.17) is 10.5 Å². The van der Waals surface area contributed by atoms with Gasteiger partial charge in [0.2, 0.25) is 0 Å². The van der Waals surface area contributed by atoms with Crippen LogP contribution in [0.15, 0.2) is 28.9 Å². The van der Waals surface area contributed by atoms with Gasteiger partial charge in [0.15, 0.2) is 0 Å². The molecule has 3 rings (SSSR count). The summed E-state index contributed by atoms with van der Waals surface area (Å²) in [5.41, 5.74) is 8.79. The summed E-state index contributed by atoms with van der Waals surface area (Å²) in [7, 11) is 0. The van der Waals surface area contributed by atoms with E-state index < -0.39 is 0 Å². The molecule has 3 N–H and O–H groups in total. The molecule has 0 bridgehead atoms. The number of rotatable bonds is 3. The van der Waals surface area contributed by atoms with Crippen molar-refractivity contribution < 1.29 is 4.74 Å². The summed E-state index contributed by atoms with van der Waals surface area (Å²) in [5.74, 6) is 0.641. The zero-order valence-electron chi connectivity index (χ0n) is 12.1. The number of ether oxygens (including phenoxy) is 1. The van der Waals surface area contributed by atoms with E-state index in [1.165, 1.54) is 0 Å².